The monoisotopic (exact) mass is 544 g/mol. The summed E-state index contributed by atoms with van der Waals surface area (Å²) in [6, 6.07) is 14.9. The highest BCUT2D eigenvalue weighted by Crippen LogP contribution is 2.60. The van der Waals surface area contributed by atoms with Crippen LogP contribution in [-0.4, -0.2) is 41.9 Å². The standard InChI is InChI=1S/C31H30N9O/c1-3-33-27-9-8-21-7-6-19(13-25(21)36-27)4-5-20-12-22(16-39(15-20)31-14-26(31)41-31)40-17-23(24-10-11-38(2)37-24)28-29(32)34-18-35-30(28)40/h6-13,15-18,26H,3-5,14H2,1-2H3,(H,33,36)(H2,32,34,35)/q+1. The van der Waals surface area contributed by atoms with Crippen LogP contribution in [0.25, 0.3) is 38.9 Å². The SMILES string of the molecule is CCNc1ccc2ccc(CCc3cc(-n4cc(-c5ccn(C)n5)c5c(N)ncnc54)c[n+](C45CC4O5)c3)cc2n1. The Morgan fingerprint density at radius 2 is 1.93 bits per heavy atom. The van der Waals surface area contributed by atoms with Crippen molar-refractivity contribution in [3.63, 3.8) is 0 Å². The molecule has 5 aromatic heterocycles. The molecule has 0 radical (unpaired) electrons. The van der Waals surface area contributed by atoms with E-state index in [-0.39, 0.29) is 5.72 Å². The lowest BCUT2D eigenvalue weighted by Crippen LogP contribution is -2.42. The van der Waals surface area contributed by atoms with Crippen LogP contribution in [0.1, 0.15) is 24.5 Å². The lowest BCUT2D eigenvalue weighted by atomic mass is 10.0. The van der Waals surface area contributed by atoms with Gasteiger partial charge in [-0.1, -0.05) is 12.1 Å². The first-order valence-electron chi connectivity index (χ1n) is 14.0. The third-order valence-corrected chi connectivity index (χ3v) is 8.15. The van der Waals surface area contributed by atoms with Crippen LogP contribution >= 0.6 is 0 Å². The lowest BCUT2D eigenvalue weighted by molar-refractivity contribution is -0.746. The van der Waals surface area contributed by atoms with Gasteiger partial charge in [-0.15, -0.1) is 0 Å². The largest absolute Gasteiger partial charge is 0.383 e. The number of anilines is 2. The summed E-state index contributed by atoms with van der Waals surface area (Å²) < 4.78 is 12.1. The summed E-state index contributed by atoms with van der Waals surface area (Å²) in [4.78, 5) is 13.7. The minimum absolute atomic E-state index is 0.193. The normalized spacial score (nSPS) is 19.0. The van der Waals surface area contributed by atoms with Crippen molar-refractivity contribution < 1.29 is 9.30 Å². The molecule has 10 heteroatoms. The summed E-state index contributed by atoms with van der Waals surface area (Å²) in [5, 5.41) is 9.88. The van der Waals surface area contributed by atoms with E-state index in [9.17, 15) is 0 Å². The lowest BCUT2D eigenvalue weighted by Gasteiger charge is -2.09. The van der Waals surface area contributed by atoms with E-state index in [1.54, 1.807) is 4.68 Å². The summed E-state index contributed by atoms with van der Waals surface area (Å²) in [6.07, 6.45) is 13.0. The van der Waals surface area contributed by atoms with Crippen molar-refractivity contribution in [1.82, 2.24) is 29.3 Å². The van der Waals surface area contributed by atoms with Crippen molar-refractivity contribution in [2.24, 2.45) is 7.05 Å². The van der Waals surface area contributed by atoms with Crippen molar-refractivity contribution in [2.75, 3.05) is 17.6 Å². The first-order valence-corrected chi connectivity index (χ1v) is 14.0. The van der Waals surface area contributed by atoms with Crippen molar-refractivity contribution in [3.8, 4) is 16.9 Å². The fourth-order valence-corrected chi connectivity index (χ4v) is 5.77. The zero-order chi connectivity index (χ0) is 27.7. The van der Waals surface area contributed by atoms with Gasteiger partial charge < -0.3 is 15.8 Å². The molecule has 41 heavy (non-hydrogen) atoms. The van der Waals surface area contributed by atoms with Gasteiger partial charge in [0, 0.05) is 42.5 Å². The van der Waals surface area contributed by atoms with E-state index in [0.29, 0.717) is 11.9 Å². The zero-order valence-electron chi connectivity index (χ0n) is 23.0. The summed E-state index contributed by atoms with van der Waals surface area (Å²) >= 11 is 0. The van der Waals surface area contributed by atoms with E-state index in [4.69, 9.17) is 15.5 Å². The van der Waals surface area contributed by atoms with Crippen LogP contribution < -0.4 is 15.6 Å². The summed E-state index contributed by atoms with van der Waals surface area (Å²) in [5.41, 5.74) is 13.2. The molecule has 0 amide bonds. The topological polar surface area (TPSA) is 116 Å². The van der Waals surface area contributed by atoms with Crippen LogP contribution in [0.5, 0.6) is 0 Å². The Morgan fingerprint density at radius 1 is 1.10 bits per heavy atom. The molecule has 6 heterocycles. The molecule has 1 aliphatic heterocycles. The number of nitrogens with zero attached hydrogens (tertiary/aromatic N) is 7. The second-order valence-corrected chi connectivity index (χ2v) is 11.0. The molecule has 1 saturated heterocycles. The number of nitrogen functional groups attached to an aromatic ring is 1. The van der Waals surface area contributed by atoms with Crippen LogP contribution in [0.2, 0.25) is 0 Å². The number of hydrogen-bond donors (Lipinski definition) is 2. The van der Waals surface area contributed by atoms with Crippen LogP contribution in [0.3, 0.4) is 0 Å². The average Bonchev–Trinajstić information content (AvgIpc) is 3.75. The molecule has 3 N–H and O–H groups in total. The predicted molar refractivity (Wildman–Crippen MR) is 156 cm³/mol. The third kappa shape index (κ3) is 4.02. The van der Waals surface area contributed by atoms with E-state index in [1.807, 2.05) is 25.4 Å². The number of aryl methyl sites for hydroxylation is 3. The van der Waals surface area contributed by atoms with Crippen LogP contribution in [0, 0.1) is 0 Å². The van der Waals surface area contributed by atoms with Crippen LogP contribution in [0.15, 0.2) is 73.6 Å². The van der Waals surface area contributed by atoms with E-state index >= 15 is 0 Å². The molecule has 8 rings (SSSR count). The van der Waals surface area contributed by atoms with Gasteiger partial charge in [0.15, 0.2) is 24.1 Å². The Balaban J connectivity index is 1.18. The molecule has 10 nitrogen and oxygen atoms in total. The van der Waals surface area contributed by atoms with Gasteiger partial charge in [-0.3, -0.25) is 9.25 Å². The van der Waals surface area contributed by atoms with E-state index in [2.05, 4.69) is 85.4 Å². The molecular weight excluding hydrogens is 514 g/mol. The van der Waals surface area contributed by atoms with Gasteiger partial charge >= 0.3 is 5.72 Å². The number of benzene rings is 1. The summed E-state index contributed by atoms with van der Waals surface area (Å²) in [6.45, 7) is 2.93. The molecule has 0 bridgehead atoms. The summed E-state index contributed by atoms with van der Waals surface area (Å²) in [7, 11) is 1.91. The molecular formula is C31H30N9O+. The fourth-order valence-electron chi connectivity index (χ4n) is 5.77. The Bertz CT molecular complexity index is 1970. The molecule has 1 saturated carbocycles. The highest BCUT2D eigenvalue weighted by Gasteiger charge is 2.83. The number of epoxide rings is 1. The Morgan fingerprint density at radius 3 is 2.71 bits per heavy atom. The maximum absolute atomic E-state index is 6.38. The number of rotatable bonds is 8. The van der Waals surface area contributed by atoms with Gasteiger partial charge in [-0.25, -0.2) is 15.0 Å². The molecule has 2 aliphatic rings. The maximum atomic E-state index is 6.38. The highest BCUT2D eigenvalue weighted by atomic mass is 16.7. The Hall–Kier alpha value is -4.83. The minimum Gasteiger partial charge on any atom is -0.383 e. The van der Waals surface area contributed by atoms with Gasteiger partial charge in [0.25, 0.3) is 0 Å². The van der Waals surface area contributed by atoms with Gasteiger partial charge in [0.2, 0.25) is 0 Å². The molecule has 2 fully saturated rings. The number of nitrogens with one attached hydrogen (secondary N) is 1. The molecule has 1 aliphatic carbocycles. The Kier molecular flexibility index (Phi) is 5.17. The van der Waals surface area contributed by atoms with Crippen molar-refractivity contribution in [1.29, 1.82) is 0 Å². The number of pyridine rings is 2. The second kappa shape index (κ2) is 8.84. The number of ether oxygens (including phenoxy) is 1. The van der Waals surface area contributed by atoms with E-state index in [1.165, 1.54) is 17.5 Å². The molecule has 6 aromatic rings. The summed E-state index contributed by atoms with van der Waals surface area (Å²) in [5.74, 6) is 1.34. The third-order valence-electron chi connectivity index (χ3n) is 8.15. The van der Waals surface area contributed by atoms with Gasteiger partial charge in [0.05, 0.1) is 23.0 Å². The smallest absolute Gasteiger partial charge is 0.303 e. The fraction of sp³-hybridized carbons (Fsp3) is 0.258. The number of fused-ring (bicyclic) bond motifs is 3. The Labute approximate surface area is 236 Å². The minimum atomic E-state index is -0.193. The number of aromatic nitrogens is 7. The van der Waals surface area contributed by atoms with E-state index in [0.717, 1.165) is 70.5 Å². The van der Waals surface area contributed by atoms with Crippen molar-refractivity contribution in [2.45, 2.75) is 38.0 Å². The number of hydrogen-bond acceptors (Lipinski definition) is 7. The second-order valence-electron chi connectivity index (χ2n) is 11.0. The zero-order valence-corrected chi connectivity index (χ0v) is 23.0. The van der Waals surface area contributed by atoms with Crippen molar-refractivity contribution >= 4 is 33.6 Å². The number of nitrogens with two attached hydrogens (primary N) is 1. The molecule has 2 unspecified atom stereocenters. The first kappa shape index (κ1) is 24.0. The molecule has 2 atom stereocenters. The van der Waals surface area contributed by atoms with Crippen LogP contribution in [-0.2, 0) is 30.4 Å². The van der Waals surface area contributed by atoms with Gasteiger partial charge in [-0.05, 0) is 55.7 Å². The van der Waals surface area contributed by atoms with E-state index < -0.39 is 0 Å². The quantitative estimate of drug-likeness (QED) is 0.220. The van der Waals surface area contributed by atoms with Gasteiger partial charge in [0.1, 0.15) is 23.7 Å². The first-order chi connectivity index (χ1) is 20.0. The molecule has 0 spiro atoms. The van der Waals surface area contributed by atoms with Crippen molar-refractivity contribution in [3.05, 3.63) is 84.7 Å². The van der Waals surface area contributed by atoms with Gasteiger partial charge in [-0.2, -0.15) is 9.67 Å². The molecule has 204 valence electrons. The maximum Gasteiger partial charge on any atom is 0.303 e. The predicted octanol–water partition coefficient (Wildman–Crippen LogP) is 3.91. The highest BCUT2D eigenvalue weighted by molar-refractivity contribution is 6.00. The van der Waals surface area contributed by atoms with Crippen LogP contribution in [0.4, 0.5) is 11.6 Å². The average molecular weight is 545 g/mol. The molecule has 1 aromatic carbocycles.